The van der Waals surface area contributed by atoms with Crippen LogP contribution in [0, 0.1) is 0 Å². The highest BCUT2D eigenvalue weighted by molar-refractivity contribution is 7.89. The van der Waals surface area contributed by atoms with Crippen molar-refractivity contribution in [3.8, 4) is 0 Å². The van der Waals surface area contributed by atoms with Crippen LogP contribution >= 0.6 is 0 Å². The number of carboxylic acids is 1. The van der Waals surface area contributed by atoms with Gasteiger partial charge in [0.1, 0.15) is 0 Å². The van der Waals surface area contributed by atoms with Gasteiger partial charge in [-0.05, 0) is 12.1 Å². The molecule has 21 heavy (non-hydrogen) atoms. The smallest absolute Gasteiger partial charge is 0.305 e. The van der Waals surface area contributed by atoms with Crippen LogP contribution in [0.15, 0.2) is 35.2 Å². The van der Waals surface area contributed by atoms with E-state index in [1.807, 2.05) is 0 Å². The van der Waals surface area contributed by atoms with Gasteiger partial charge in [-0.15, -0.1) is 0 Å². The van der Waals surface area contributed by atoms with Crippen LogP contribution in [-0.4, -0.2) is 50.4 Å². The molecule has 0 aromatic heterocycles. The van der Waals surface area contributed by atoms with Crippen molar-refractivity contribution < 1.29 is 23.1 Å². The Labute approximate surface area is 123 Å². The maximum absolute atomic E-state index is 11.9. The van der Waals surface area contributed by atoms with Crippen LogP contribution in [0.5, 0.6) is 0 Å². The molecule has 1 aromatic rings. The average molecular weight is 314 g/mol. The minimum Gasteiger partial charge on any atom is -0.481 e. The second-order valence-corrected chi connectivity index (χ2v) is 6.19. The van der Waals surface area contributed by atoms with E-state index in [0.29, 0.717) is 0 Å². The standard InChI is InChI=1S/C13H18N2O5S/c1-15(10-8-13(17)18)12(16)7-9-14-21(19,20)11-5-3-2-4-6-11/h2-6,14H,7-10H2,1H3,(H,17,18). The lowest BCUT2D eigenvalue weighted by Gasteiger charge is -2.16. The molecule has 0 aliphatic rings. The van der Waals surface area contributed by atoms with Crippen molar-refractivity contribution >= 4 is 21.9 Å². The molecule has 2 N–H and O–H groups in total. The highest BCUT2D eigenvalue weighted by atomic mass is 32.2. The van der Waals surface area contributed by atoms with E-state index in [-0.39, 0.29) is 36.7 Å². The number of rotatable bonds is 8. The molecule has 0 aliphatic heterocycles. The lowest BCUT2D eigenvalue weighted by atomic mass is 10.3. The highest BCUT2D eigenvalue weighted by Crippen LogP contribution is 2.06. The number of nitrogens with one attached hydrogen (secondary N) is 1. The Kier molecular flexibility index (Phi) is 6.32. The van der Waals surface area contributed by atoms with Crippen molar-refractivity contribution in [3.05, 3.63) is 30.3 Å². The van der Waals surface area contributed by atoms with Gasteiger partial charge in [0.2, 0.25) is 15.9 Å². The van der Waals surface area contributed by atoms with E-state index in [2.05, 4.69) is 4.72 Å². The zero-order valence-corrected chi connectivity index (χ0v) is 12.5. The SMILES string of the molecule is CN(CCC(=O)O)C(=O)CCNS(=O)(=O)c1ccccc1. The molecule has 8 heteroatoms. The molecule has 1 rings (SSSR count). The summed E-state index contributed by atoms with van der Waals surface area (Å²) in [6, 6.07) is 7.85. The molecule has 0 unspecified atom stereocenters. The van der Waals surface area contributed by atoms with E-state index in [4.69, 9.17) is 5.11 Å². The predicted octanol–water partition coefficient (Wildman–Crippen LogP) is 0.288. The first-order valence-corrected chi connectivity index (χ1v) is 7.81. The fourth-order valence-electron chi connectivity index (χ4n) is 1.55. The van der Waals surface area contributed by atoms with Crippen LogP contribution in [0.3, 0.4) is 0 Å². The van der Waals surface area contributed by atoms with Crippen molar-refractivity contribution in [1.29, 1.82) is 0 Å². The zero-order valence-electron chi connectivity index (χ0n) is 11.7. The number of carboxylic acid groups (broad SMARTS) is 1. The van der Waals surface area contributed by atoms with Crippen molar-refractivity contribution in [2.24, 2.45) is 0 Å². The fraction of sp³-hybridized carbons (Fsp3) is 0.385. The van der Waals surface area contributed by atoms with Crippen molar-refractivity contribution in [3.63, 3.8) is 0 Å². The maximum atomic E-state index is 11.9. The van der Waals surface area contributed by atoms with E-state index < -0.39 is 16.0 Å². The number of carbonyl (C=O) groups is 2. The third kappa shape index (κ3) is 5.92. The number of benzene rings is 1. The summed E-state index contributed by atoms with van der Waals surface area (Å²) in [5.41, 5.74) is 0. The van der Waals surface area contributed by atoms with Gasteiger partial charge in [0.15, 0.2) is 0 Å². The van der Waals surface area contributed by atoms with Crippen LogP contribution in [0.2, 0.25) is 0 Å². The minimum atomic E-state index is -3.62. The summed E-state index contributed by atoms with van der Waals surface area (Å²) in [5, 5.41) is 8.52. The molecular weight excluding hydrogens is 296 g/mol. The van der Waals surface area contributed by atoms with Gasteiger partial charge >= 0.3 is 5.97 Å². The largest absolute Gasteiger partial charge is 0.481 e. The summed E-state index contributed by atoms with van der Waals surface area (Å²) >= 11 is 0. The molecule has 0 aliphatic carbocycles. The Hall–Kier alpha value is -1.93. The molecule has 0 fully saturated rings. The van der Waals surface area contributed by atoms with Crippen molar-refractivity contribution in [2.45, 2.75) is 17.7 Å². The number of hydrogen-bond acceptors (Lipinski definition) is 4. The summed E-state index contributed by atoms with van der Waals surface area (Å²) in [6.07, 6.45) is -0.167. The number of amides is 1. The molecule has 0 heterocycles. The van der Waals surface area contributed by atoms with Gasteiger partial charge in [0.25, 0.3) is 0 Å². The van der Waals surface area contributed by atoms with Gasteiger partial charge in [0.05, 0.1) is 11.3 Å². The summed E-state index contributed by atoms with van der Waals surface area (Å²) in [5.74, 6) is -1.30. The minimum absolute atomic E-state index is 0.0256. The third-order valence-corrected chi connectivity index (χ3v) is 4.25. The number of hydrogen-bond donors (Lipinski definition) is 2. The molecule has 0 saturated heterocycles. The molecular formula is C13H18N2O5S. The summed E-state index contributed by atoms with van der Waals surface area (Å²) < 4.78 is 26.1. The topological polar surface area (TPSA) is 104 Å². The van der Waals surface area contributed by atoms with Crippen LogP contribution in [0.4, 0.5) is 0 Å². The van der Waals surface area contributed by atoms with Crippen LogP contribution in [0.1, 0.15) is 12.8 Å². The number of carbonyl (C=O) groups excluding carboxylic acids is 1. The molecule has 0 spiro atoms. The van der Waals surface area contributed by atoms with E-state index in [1.54, 1.807) is 18.2 Å². The molecule has 116 valence electrons. The predicted molar refractivity (Wildman–Crippen MR) is 76.1 cm³/mol. The van der Waals surface area contributed by atoms with Crippen molar-refractivity contribution in [1.82, 2.24) is 9.62 Å². The van der Waals surface area contributed by atoms with Gasteiger partial charge in [0, 0.05) is 26.6 Å². The molecule has 7 nitrogen and oxygen atoms in total. The molecule has 0 atom stereocenters. The Bertz CT molecular complexity index is 586. The third-order valence-electron chi connectivity index (χ3n) is 2.77. The van der Waals surface area contributed by atoms with Gasteiger partial charge in [-0.1, -0.05) is 18.2 Å². The molecule has 1 amide bonds. The van der Waals surface area contributed by atoms with E-state index in [0.717, 1.165) is 0 Å². The lowest BCUT2D eigenvalue weighted by Crippen LogP contribution is -2.33. The van der Waals surface area contributed by atoms with E-state index in [9.17, 15) is 18.0 Å². The van der Waals surface area contributed by atoms with Crippen molar-refractivity contribution in [2.75, 3.05) is 20.1 Å². The summed E-state index contributed by atoms with van der Waals surface area (Å²) in [6.45, 7) is 0.0626. The molecule has 1 aromatic carbocycles. The van der Waals surface area contributed by atoms with Crippen LogP contribution in [0.25, 0.3) is 0 Å². The summed E-state index contributed by atoms with van der Waals surface area (Å²) in [4.78, 5) is 23.5. The second kappa shape index (κ2) is 7.75. The molecule has 0 bridgehead atoms. The Balaban J connectivity index is 2.43. The first-order valence-electron chi connectivity index (χ1n) is 6.33. The average Bonchev–Trinajstić information content (AvgIpc) is 2.45. The fourth-order valence-corrected chi connectivity index (χ4v) is 2.61. The van der Waals surface area contributed by atoms with E-state index in [1.165, 1.54) is 24.1 Å². The van der Waals surface area contributed by atoms with Crippen LogP contribution < -0.4 is 4.72 Å². The Morgan fingerprint density at radius 3 is 2.38 bits per heavy atom. The monoisotopic (exact) mass is 314 g/mol. The zero-order chi connectivity index (χ0) is 15.9. The van der Waals surface area contributed by atoms with Gasteiger partial charge in [-0.2, -0.15) is 0 Å². The summed E-state index contributed by atoms with van der Waals surface area (Å²) in [7, 11) is -2.14. The lowest BCUT2D eigenvalue weighted by molar-refractivity contribution is -0.138. The quantitative estimate of drug-likeness (QED) is 0.717. The van der Waals surface area contributed by atoms with Crippen LogP contribution in [-0.2, 0) is 19.6 Å². The van der Waals surface area contributed by atoms with Gasteiger partial charge in [-0.25, -0.2) is 13.1 Å². The Morgan fingerprint density at radius 2 is 1.81 bits per heavy atom. The second-order valence-electron chi connectivity index (χ2n) is 4.42. The molecule has 0 saturated carbocycles. The number of nitrogens with zero attached hydrogens (tertiary/aromatic N) is 1. The van der Waals surface area contributed by atoms with E-state index >= 15 is 0 Å². The first kappa shape index (κ1) is 17.1. The Morgan fingerprint density at radius 1 is 1.19 bits per heavy atom. The normalized spacial score (nSPS) is 11.1. The highest BCUT2D eigenvalue weighted by Gasteiger charge is 2.15. The van der Waals surface area contributed by atoms with Gasteiger partial charge in [-0.3, -0.25) is 9.59 Å². The van der Waals surface area contributed by atoms with Gasteiger partial charge < -0.3 is 10.0 Å². The number of aliphatic carboxylic acids is 1. The first-order chi connectivity index (χ1) is 9.83. The maximum Gasteiger partial charge on any atom is 0.305 e. The number of sulfonamides is 1. The molecule has 0 radical (unpaired) electrons.